The van der Waals surface area contributed by atoms with Crippen LogP contribution >= 0.6 is 23.8 Å². The van der Waals surface area contributed by atoms with Crippen molar-refractivity contribution >= 4 is 51.9 Å². The molecule has 0 heterocycles. The Hall–Kier alpha value is -3.49. The normalized spacial score (nSPS) is 11.3. The van der Waals surface area contributed by atoms with E-state index < -0.39 is 11.0 Å². The predicted octanol–water partition coefficient (Wildman–Crippen LogP) is 5.53. The van der Waals surface area contributed by atoms with Gasteiger partial charge in [0.1, 0.15) is 6.04 Å². The van der Waals surface area contributed by atoms with Crippen molar-refractivity contribution < 1.29 is 9.72 Å². The topological polar surface area (TPSA) is 96.3 Å². The lowest BCUT2D eigenvalue weighted by Crippen LogP contribution is -2.39. The fraction of sp³-hybridized carbons (Fsp3) is 0.130. The number of rotatable bonds is 6. The van der Waals surface area contributed by atoms with Crippen molar-refractivity contribution in [3.05, 3.63) is 98.6 Å². The molecule has 3 rings (SSSR count). The smallest absolute Gasteiger partial charge is 0.271 e. The first-order chi connectivity index (χ1) is 15.2. The van der Waals surface area contributed by atoms with E-state index in [0.717, 1.165) is 11.1 Å². The zero-order valence-electron chi connectivity index (χ0n) is 17.4. The van der Waals surface area contributed by atoms with Gasteiger partial charge in [-0.3, -0.25) is 14.9 Å². The van der Waals surface area contributed by atoms with Gasteiger partial charge in [-0.25, -0.2) is 0 Å². The molecule has 9 heteroatoms. The van der Waals surface area contributed by atoms with Crippen LogP contribution in [0.2, 0.25) is 5.02 Å². The fourth-order valence-corrected chi connectivity index (χ4v) is 3.38. The molecule has 0 spiro atoms. The third kappa shape index (κ3) is 5.81. The first kappa shape index (κ1) is 23.2. The first-order valence-electron chi connectivity index (χ1n) is 9.69. The van der Waals surface area contributed by atoms with Gasteiger partial charge in [0.15, 0.2) is 5.11 Å². The minimum absolute atomic E-state index is 0.0940. The Morgan fingerprint density at radius 3 is 2.38 bits per heavy atom. The SMILES string of the molecule is Cc1ccc(NC(=O)C(NC(=S)Nc2cc([N+](=O)[O-])ccc2Cl)c2ccccc2)cc1C. The van der Waals surface area contributed by atoms with Gasteiger partial charge in [0, 0.05) is 17.8 Å². The fourth-order valence-electron chi connectivity index (χ4n) is 2.99. The van der Waals surface area contributed by atoms with Crippen molar-refractivity contribution in [3.63, 3.8) is 0 Å². The highest BCUT2D eigenvalue weighted by atomic mass is 35.5. The number of nitro groups is 1. The first-order valence-corrected chi connectivity index (χ1v) is 10.5. The number of hydrogen-bond donors (Lipinski definition) is 3. The Bertz CT molecular complexity index is 1170. The minimum atomic E-state index is -0.810. The van der Waals surface area contributed by atoms with E-state index in [1.807, 2.05) is 50.2 Å². The van der Waals surface area contributed by atoms with Gasteiger partial charge in [0.05, 0.1) is 15.6 Å². The summed E-state index contributed by atoms with van der Waals surface area (Å²) in [5.41, 5.74) is 3.68. The molecule has 3 N–H and O–H groups in total. The number of hydrogen-bond acceptors (Lipinski definition) is 4. The molecule has 0 aliphatic rings. The summed E-state index contributed by atoms with van der Waals surface area (Å²) in [7, 11) is 0. The van der Waals surface area contributed by atoms with Crippen molar-refractivity contribution in [2.45, 2.75) is 19.9 Å². The largest absolute Gasteiger partial charge is 0.347 e. The van der Waals surface area contributed by atoms with E-state index in [2.05, 4.69) is 16.0 Å². The maximum Gasteiger partial charge on any atom is 0.271 e. The maximum absolute atomic E-state index is 13.1. The molecule has 0 fully saturated rings. The van der Waals surface area contributed by atoms with E-state index in [-0.39, 0.29) is 27.4 Å². The maximum atomic E-state index is 13.1. The van der Waals surface area contributed by atoms with E-state index in [0.29, 0.717) is 11.3 Å². The van der Waals surface area contributed by atoms with Crippen molar-refractivity contribution in [3.8, 4) is 0 Å². The quantitative estimate of drug-likeness (QED) is 0.250. The van der Waals surface area contributed by atoms with E-state index in [1.165, 1.54) is 18.2 Å². The average molecular weight is 469 g/mol. The molecule has 7 nitrogen and oxygen atoms in total. The molecule has 3 aromatic rings. The van der Waals surface area contributed by atoms with Gasteiger partial charge in [-0.2, -0.15) is 0 Å². The third-order valence-corrected chi connectivity index (χ3v) is 5.40. The van der Waals surface area contributed by atoms with Gasteiger partial charge >= 0.3 is 0 Å². The van der Waals surface area contributed by atoms with Gasteiger partial charge < -0.3 is 16.0 Å². The Morgan fingerprint density at radius 1 is 1.00 bits per heavy atom. The Morgan fingerprint density at radius 2 is 1.72 bits per heavy atom. The number of carbonyl (C=O) groups excluding carboxylic acids is 1. The number of nitrogens with zero attached hydrogens (tertiary/aromatic N) is 1. The number of amides is 1. The lowest BCUT2D eigenvalue weighted by atomic mass is 10.1. The molecule has 0 aliphatic heterocycles. The summed E-state index contributed by atoms with van der Waals surface area (Å²) < 4.78 is 0. The summed E-state index contributed by atoms with van der Waals surface area (Å²) in [6, 6.07) is 18.0. The molecule has 1 amide bonds. The standard InChI is InChI=1S/C23H21ClN4O3S/c1-14-8-9-17(12-15(14)2)25-22(29)21(16-6-4-3-5-7-16)27-23(32)26-20-13-18(28(30)31)10-11-19(20)24/h3-13,21H,1-2H3,(H,25,29)(H2,26,27,32). The summed E-state index contributed by atoms with van der Waals surface area (Å²) in [6.45, 7) is 3.97. The van der Waals surface area contributed by atoms with Gasteiger partial charge in [0.25, 0.3) is 11.6 Å². The van der Waals surface area contributed by atoms with Crippen molar-refractivity contribution in [1.82, 2.24) is 5.32 Å². The number of carbonyl (C=O) groups is 1. The van der Waals surface area contributed by atoms with Crippen LogP contribution in [-0.2, 0) is 4.79 Å². The molecule has 0 aromatic heterocycles. The van der Waals surface area contributed by atoms with Gasteiger partial charge in [-0.15, -0.1) is 0 Å². The van der Waals surface area contributed by atoms with Crippen LogP contribution in [0.25, 0.3) is 0 Å². The van der Waals surface area contributed by atoms with Crippen LogP contribution in [0.3, 0.4) is 0 Å². The van der Waals surface area contributed by atoms with E-state index in [9.17, 15) is 14.9 Å². The molecule has 0 bridgehead atoms. The van der Waals surface area contributed by atoms with Gasteiger partial charge in [0.2, 0.25) is 0 Å². The molecule has 164 valence electrons. The number of anilines is 2. The van der Waals surface area contributed by atoms with E-state index in [4.69, 9.17) is 23.8 Å². The second kappa shape index (κ2) is 10.2. The molecule has 0 saturated carbocycles. The number of non-ortho nitro benzene ring substituents is 1. The van der Waals surface area contributed by atoms with Crippen LogP contribution in [0.15, 0.2) is 66.7 Å². The summed E-state index contributed by atoms with van der Waals surface area (Å²) >= 11 is 11.5. The Kier molecular flexibility index (Phi) is 7.40. The zero-order chi connectivity index (χ0) is 23.3. The third-order valence-electron chi connectivity index (χ3n) is 4.85. The van der Waals surface area contributed by atoms with Crippen LogP contribution < -0.4 is 16.0 Å². The number of nitrogens with one attached hydrogen (secondary N) is 3. The summed E-state index contributed by atoms with van der Waals surface area (Å²) in [6.07, 6.45) is 0. The van der Waals surface area contributed by atoms with Crippen molar-refractivity contribution in [2.75, 3.05) is 10.6 Å². The van der Waals surface area contributed by atoms with Crippen LogP contribution in [0, 0.1) is 24.0 Å². The minimum Gasteiger partial charge on any atom is -0.347 e. The summed E-state index contributed by atoms with van der Waals surface area (Å²) in [5, 5.41) is 20.1. The van der Waals surface area contributed by atoms with Gasteiger partial charge in [-0.05, 0) is 61.0 Å². The lowest BCUT2D eigenvalue weighted by molar-refractivity contribution is -0.384. The lowest BCUT2D eigenvalue weighted by Gasteiger charge is -2.21. The van der Waals surface area contributed by atoms with Crippen LogP contribution in [0.1, 0.15) is 22.7 Å². The van der Waals surface area contributed by atoms with Crippen molar-refractivity contribution in [1.29, 1.82) is 0 Å². The number of thiocarbonyl (C=S) groups is 1. The molecular formula is C23H21ClN4O3S. The molecule has 0 aliphatic carbocycles. The molecule has 1 atom stereocenters. The van der Waals surface area contributed by atoms with Crippen LogP contribution in [-0.4, -0.2) is 15.9 Å². The summed E-state index contributed by atoms with van der Waals surface area (Å²) in [5.74, 6) is -0.311. The van der Waals surface area contributed by atoms with Crippen LogP contribution in [0.4, 0.5) is 17.1 Å². The molecule has 0 saturated heterocycles. The number of nitro benzene ring substituents is 1. The van der Waals surface area contributed by atoms with E-state index >= 15 is 0 Å². The molecule has 1 unspecified atom stereocenters. The van der Waals surface area contributed by atoms with Gasteiger partial charge in [-0.1, -0.05) is 48.0 Å². The molecule has 32 heavy (non-hydrogen) atoms. The number of benzene rings is 3. The number of aryl methyl sites for hydroxylation is 2. The second-order valence-electron chi connectivity index (χ2n) is 7.15. The highest BCUT2D eigenvalue weighted by Crippen LogP contribution is 2.27. The average Bonchev–Trinajstić information content (AvgIpc) is 2.76. The van der Waals surface area contributed by atoms with Crippen LogP contribution in [0.5, 0.6) is 0 Å². The monoisotopic (exact) mass is 468 g/mol. The zero-order valence-corrected chi connectivity index (χ0v) is 19.0. The summed E-state index contributed by atoms with van der Waals surface area (Å²) in [4.78, 5) is 23.7. The molecule has 3 aromatic carbocycles. The Balaban J connectivity index is 1.81. The van der Waals surface area contributed by atoms with Crippen molar-refractivity contribution in [2.24, 2.45) is 0 Å². The predicted molar refractivity (Wildman–Crippen MR) is 131 cm³/mol. The highest BCUT2D eigenvalue weighted by molar-refractivity contribution is 7.80. The molecular weight excluding hydrogens is 448 g/mol. The van der Waals surface area contributed by atoms with E-state index in [1.54, 1.807) is 12.1 Å². The Labute approximate surface area is 195 Å². The highest BCUT2D eigenvalue weighted by Gasteiger charge is 2.22. The number of halogens is 1. The second-order valence-corrected chi connectivity index (χ2v) is 7.97. The molecule has 0 radical (unpaired) electrons.